The lowest BCUT2D eigenvalue weighted by molar-refractivity contribution is 0.0854. The first-order valence-corrected chi connectivity index (χ1v) is 6.77. The highest BCUT2D eigenvalue weighted by atomic mass is 16.5. The van der Waals surface area contributed by atoms with Gasteiger partial charge in [0, 0.05) is 39.0 Å². The summed E-state index contributed by atoms with van der Waals surface area (Å²) < 4.78 is 5.43. The van der Waals surface area contributed by atoms with Gasteiger partial charge in [0.1, 0.15) is 0 Å². The molecule has 0 radical (unpaired) electrons. The van der Waals surface area contributed by atoms with E-state index in [2.05, 4.69) is 35.2 Å². The Morgan fingerprint density at radius 1 is 1.44 bits per heavy atom. The number of nitrogens with zero attached hydrogens (tertiary/aromatic N) is 2. The Morgan fingerprint density at radius 3 is 2.94 bits per heavy atom. The summed E-state index contributed by atoms with van der Waals surface area (Å²) in [6, 6.07) is 2.68. The molecule has 1 saturated heterocycles. The van der Waals surface area contributed by atoms with E-state index >= 15 is 0 Å². The van der Waals surface area contributed by atoms with Crippen LogP contribution in [0, 0.1) is 0 Å². The maximum absolute atomic E-state index is 5.43. The number of ether oxygens (including phenoxy) is 1. The third kappa shape index (κ3) is 3.21. The maximum atomic E-state index is 5.43. The predicted octanol–water partition coefficient (Wildman–Crippen LogP) is 1.81. The number of hydrogen-bond donors (Lipinski definition) is 1. The molecule has 1 fully saturated rings. The topological polar surface area (TPSA) is 37.4 Å². The smallest absolute Gasteiger partial charge is 0.0598 e. The van der Waals surface area contributed by atoms with E-state index in [9.17, 15) is 0 Å². The van der Waals surface area contributed by atoms with Gasteiger partial charge in [-0.05, 0) is 31.0 Å². The summed E-state index contributed by atoms with van der Waals surface area (Å²) in [7, 11) is 2.17. The van der Waals surface area contributed by atoms with Crippen molar-refractivity contribution in [1.29, 1.82) is 0 Å². The fourth-order valence-corrected chi connectivity index (χ4v) is 2.41. The van der Waals surface area contributed by atoms with Gasteiger partial charge >= 0.3 is 0 Å². The Balaban J connectivity index is 2.10. The van der Waals surface area contributed by atoms with Crippen molar-refractivity contribution in [2.45, 2.75) is 32.4 Å². The lowest BCUT2D eigenvalue weighted by atomic mass is 10.1. The van der Waals surface area contributed by atoms with Gasteiger partial charge in [-0.25, -0.2) is 0 Å². The molecule has 0 aliphatic carbocycles. The zero-order valence-electron chi connectivity index (χ0n) is 11.4. The zero-order valence-corrected chi connectivity index (χ0v) is 11.4. The van der Waals surface area contributed by atoms with E-state index in [0.29, 0.717) is 6.04 Å². The molecule has 0 spiro atoms. The molecule has 1 aliphatic heterocycles. The van der Waals surface area contributed by atoms with Crippen molar-refractivity contribution in [3.63, 3.8) is 0 Å². The molecule has 1 aromatic heterocycles. The average Bonchev–Trinajstić information content (AvgIpc) is 2.45. The van der Waals surface area contributed by atoms with Crippen LogP contribution in [0.3, 0.4) is 0 Å². The Kier molecular flexibility index (Phi) is 4.96. The first-order chi connectivity index (χ1) is 8.83. The molecule has 0 bridgehead atoms. The van der Waals surface area contributed by atoms with Crippen LogP contribution in [0.4, 0.5) is 5.69 Å². The second-order valence-corrected chi connectivity index (χ2v) is 4.74. The molecule has 0 amide bonds. The molecular formula is C14H23N3O. The molecule has 4 heteroatoms. The highest BCUT2D eigenvalue weighted by molar-refractivity contribution is 5.51. The second kappa shape index (κ2) is 6.71. The summed E-state index contributed by atoms with van der Waals surface area (Å²) in [5.74, 6) is 0. The van der Waals surface area contributed by atoms with Gasteiger partial charge in [0.2, 0.25) is 0 Å². The molecular weight excluding hydrogens is 226 g/mol. The quantitative estimate of drug-likeness (QED) is 0.863. The molecule has 2 heterocycles. The van der Waals surface area contributed by atoms with Crippen molar-refractivity contribution in [2.24, 2.45) is 0 Å². The molecule has 0 unspecified atom stereocenters. The molecule has 4 nitrogen and oxygen atoms in total. The van der Waals surface area contributed by atoms with Gasteiger partial charge in [-0.1, -0.05) is 6.92 Å². The molecule has 0 saturated carbocycles. The van der Waals surface area contributed by atoms with E-state index in [-0.39, 0.29) is 0 Å². The third-order valence-electron chi connectivity index (χ3n) is 3.57. The average molecular weight is 249 g/mol. The normalized spacial score (nSPS) is 16.8. The van der Waals surface area contributed by atoms with Crippen molar-refractivity contribution in [3.8, 4) is 0 Å². The standard InChI is InChI=1S/C14H23N3O/c1-3-15-10-12-4-7-16-11-14(12)17(2)13-5-8-18-9-6-13/h4,7,11,13,15H,3,5-6,8-10H2,1-2H3. The van der Waals surface area contributed by atoms with Crippen LogP contribution in [0.5, 0.6) is 0 Å². The monoisotopic (exact) mass is 249 g/mol. The van der Waals surface area contributed by atoms with Gasteiger partial charge in [0.25, 0.3) is 0 Å². The Labute approximate surface area is 109 Å². The Hall–Kier alpha value is -1.13. The summed E-state index contributed by atoms with van der Waals surface area (Å²) in [4.78, 5) is 6.63. The van der Waals surface area contributed by atoms with Crippen LogP contribution in [0.2, 0.25) is 0 Å². The minimum atomic E-state index is 0.573. The largest absolute Gasteiger partial charge is 0.381 e. The van der Waals surface area contributed by atoms with Crippen LogP contribution in [-0.4, -0.2) is 37.8 Å². The first-order valence-electron chi connectivity index (χ1n) is 6.77. The van der Waals surface area contributed by atoms with Gasteiger partial charge in [-0.3, -0.25) is 4.98 Å². The molecule has 100 valence electrons. The summed E-state index contributed by atoms with van der Waals surface area (Å²) in [5.41, 5.74) is 2.56. The minimum Gasteiger partial charge on any atom is -0.381 e. The van der Waals surface area contributed by atoms with Gasteiger partial charge in [0.15, 0.2) is 0 Å². The number of nitrogens with one attached hydrogen (secondary N) is 1. The molecule has 1 N–H and O–H groups in total. The van der Waals surface area contributed by atoms with Crippen LogP contribution >= 0.6 is 0 Å². The van der Waals surface area contributed by atoms with E-state index in [0.717, 1.165) is 39.1 Å². The van der Waals surface area contributed by atoms with E-state index in [1.54, 1.807) is 0 Å². The number of rotatable bonds is 5. The fraction of sp³-hybridized carbons (Fsp3) is 0.643. The van der Waals surface area contributed by atoms with Gasteiger partial charge < -0.3 is 15.0 Å². The van der Waals surface area contributed by atoms with Gasteiger partial charge in [-0.15, -0.1) is 0 Å². The summed E-state index contributed by atoms with van der Waals surface area (Å²) >= 11 is 0. The third-order valence-corrected chi connectivity index (χ3v) is 3.57. The summed E-state index contributed by atoms with van der Waals surface area (Å²) in [5, 5.41) is 3.38. The Morgan fingerprint density at radius 2 is 2.22 bits per heavy atom. The zero-order chi connectivity index (χ0) is 12.8. The van der Waals surface area contributed by atoms with Gasteiger partial charge in [-0.2, -0.15) is 0 Å². The van der Waals surface area contributed by atoms with Gasteiger partial charge in [0.05, 0.1) is 11.9 Å². The number of pyridine rings is 1. The number of anilines is 1. The molecule has 1 aliphatic rings. The van der Waals surface area contributed by atoms with E-state index in [1.165, 1.54) is 11.3 Å². The highest BCUT2D eigenvalue weighted by Crippen LogP contribution is 2.24. The van der Waals surface area contributed by atoms with E-state index in [1.807, 2.05) is 12.4 Å². The summed E-state index contributed by atoms with van der Waals surface area (Å²) in [6.45, 7) is 5.77. The SMILES string of the molecule is CCNCc1ccncc1N(C)C1CCOCC1. The first kappa shape index (κ1) is 13.3. The molecule has 1 aromatic rings. The molecule has 2 rings (SSSR count). The van der Waals surface area contributed by atoms with Crippen LogP contribution in [0.15, 0.2) is 18.5 Å². The fourth-order valence-electron chi connectivity index (χ4n) is 2.41. The van der Waals surface area contributed by atoms with E-state index in [4.69, 9.17) is 4.74 Å². The van der Waals surface area contributed by atoms with Crippen LogP contribution in [0.25, 0.3) is 0 Å². The second-order valence-electron chi connectivity index (χ2n) is 4.74. The van der Waals surface area contributed by atoms with Crippen LogP contribution < -0.4 is 10.2 Å². The lowest BCUT2D eigenvalue weighted by Crippen LogP contribution is -2.37. The van der Waals surface area contributed by atoms with Crippen LogP contribution in [0.1, 0.15) is 25.3 Å². The molecule has 0 atom stereocenters. The lowest BCUT2D eigenvalue weighted by Gasteiger charge is -2.33. The molecule has 0 aromatic carbocycles. The minimum absolute atomic E-state index is 0.573. The maximum Gasteiger partial charge on any atom is 0.0598 e. The highest BCUT2D eigenvalue weighted by Gasteiger charge is 2.20. The van der Waals surface area contributed by atoms with Crippen molar-refractivity contribution in [2.75, 3.05) is 31.7 Å². The van der Waals surface area contributed by atoms with Crippen molar-refractivity contribution < 1.29 is 4.74 Å². The van der Waals surface area contributed by atoms with Crippen LogP contribution in [-0.2, 0) is 11.3 Å². The molecule has 18 heavy (non-hydrogen) atoms. The van der Waals surface area contributed by atoms with E-state index < -0.39 is 0 Å². The Bertz CT molecular complexity index is 364. The van der Waals surface area contributed by atoms with Crippen molar-refractivity contribution in [1.82, 2.24) is 10.3 Å². The predicted molar refractivity (Wildman–Crippen MR) is 73.9 cm³/mol. The summed E-state index contributed by atoms with van der Waals surface area (Å²) in [6.07, 6.45) is 6.05. The van der Waals surface area contributed by atoms with Crippen molar-refractivity contribution in [3.05, 3.63) is 24.0 Å². The number of hydrogen-bond acceptors (Lipinski definition) is 4. The van der Waals surface area contributed by atoms with Crippen molar-refractivity contribution >= 4 is 5.69 Å². The number of aromatic nitrogens is 1.